The van der Waals surface area contributed by atoms with Gasteiger partial charge in [-0.05, 0) is 73.0 Å². The smallest absolute Gasteiger partial charge is 0.365 e. The van der Waals surface area contributed by atoms with Crippen LogP contribution in [0.4, 0.5) is 0 Å². The van der Waals surface area contributed by atoms with Gasteiger partial charge in [-0.15, -0.1) is 0 Å². The second-order valence-corrected chi connectivity index (χ2v) is 7.87. The van der Waals surface area contributed by atoms with Crippen LogP contribution in [-0.2, 0) is 11.4 Å². The Morgan fingerprint density at radius 3 is 2.28 bits per heavy atom. The van der Waals surface area contributed by atoms with Crippen LogP contribution >= 0.6 is 23.2 Å². The zero-order chi connectivity index (χ0) is 23.3. The number of methoxy groups -OCH3 is 1. The maximum atomic E-state index is 12.3. The molecule has 0 aliphatic heterocycles. The summed E-state index contributed by atoms with van der Waals surface area (Å²) in [4.78, 5) is 17.3. The summed E-state index contributed by atoms with van der Waals surface area (Å²) in [5.74, 6) is 0.512. The highest BCUT2D eigenvalue weighted by atomic mass is 35.5. The summed E-state index contributed by atoms with van der Waals surface area (Å²) in [5.41, 5.74) is 9.47. The number of benzene rings is 3. The van der Waals surface area contributed by atoms with E-state index in [4.69, 9.17) is 43.2 Å². The predicted molar refractivity (Wildman–Crippen MR) is 126 cm³/mol. The zero-order valence-corrected chi connectivity index (χ0v) is 19.3. The average Bonchev–Trinajstić information content (AvgIpc) is 2.79. The molecule has 2 N–H and O–H groups in total. The standard InChI is InChI=1S/C24H22Cl2N2O4/c1-14-10-19(11-15(2)22(14)26)31-13-16-4-6-17(7-5-16)24(29)32-28-23(27)20-12-18(25)8-9-21(20)30-3/h4-12H,13H2,1-3H3,(H2,27,28). The highest BCUT2D eigenvalue weighted by molar-refractivity contribution is 6.32. The molecule has 0 atom stereocenters. The number of halogens is 2. The fraction of sp³-hybridized carbons (Fsp3) is 0.167. The lowest BCUT2D eigenvalue weighted by molar-refractivity contribution is 0.0516. The van der Waals surface area contributed by atoms with Gasteiger partial charge >= 0.3 is 5.97 Å². The molecular formula is C24H22Cl2N2O4. The van der Waals surface area contributed by atoms with E-state index in [9.17, 15) is 4.79 Å². The van der Waals surface area contributed by atoms with Gasteiger partial charge in [0, 0.05) is 10.0 Å². The van der Waals surface area contributed by atoms with E-state index < -0.39 is 5.97 Å². The van der Waals surface area contributed by atoms with Crippen molar-refractivity contribution in [2.45, 2.75) is 20.5 Å². The Hall–Kier alpha value is -3.22. The molecular weight excluding hydrogens is 451 g/mol. The lowest BCUT2D eigenvalue weighted by atomic mass is 10.1. The Balaban J connectivity index is 1.63. The minimum Gasteiger partial charge on any atom is -0.496 e. The fourth-order valence-electron chi connectivity index (χ4n) is 2.97. The van der Waals surface area contributed by atoms with Crippen molar-refractivity contribution in [3.8, 4) is 11.5 Å². The molecule has 0 radical (unpaired) electrons. The number of oxime groups is 1. The van der Waals surface area contributed by atoms with E-state index in [-0.39, 0.29) is 5.84 Å². The van der Waals surface area contributed by atoms with Crippen molar-refractivity contribution in [2.24, 2.45) is 10.9 Å². The molecule has 0 bridgehead atoms. The molecule has 0 unspecified atom stereocenters. The molecule has 3 aromatic rings. The van der Waals surface area contributed by atoms with Gasteiger partial charge < -0.3 is 20.0 Å². The number of hydrogen-bond donors (Lipinski definition) is 1. The summed E-state index contributed by atoms with van der Waals surface area (Å²) in [6.07, 6.45) is 0. The van der Waals surface area contributed by atoms with Gasteiger partial charge in [0.2, 0.25) is 0 Å². The van der Waals surface area contributed by atoms with Gasteiger partial charge in [0.05, 0.1) is 18.2 Å². The number of carbonyl (C=O) groups is 1. The van der Waals surface area contributed by atoms with E-state index in [2.05, 4.69) is 5.16 Å². The lowest BCUT2D eigenvalue weighted by Gasteiger charge is -2.10. The molecule has 6 nitrogen and oxygen atoms in total. The third-order valence-corrected chi connectivity index (χ3v) is 5.50. The van der Waals surface area contributed by atoms with Gasteiger partial charge in [-0.2, -0.15) is 0 Å². The molecule has 0 saturated heterocycles. The highest BCUT2D eigenvalue weighted by Crippen LogP contribution is 2.26. The normalized spacial score (nSPS) is 11.2. The molecule has 8 heteroatoms. The maximum absolute atomic E-state index is 12.3. The number of nitrogens with two attached hydrogens (primary N) is 1. The van der Waals surface area contributed by atoms with Gasteiger partial charge in [-0.1, -0.05) is 40.5 Å². The fourth-order valence-corrected chi connectivity index (χ4v) is 3.25. The number of amidine groups is 1. The van der Waals surface area contributed by atoms with Crippen molar-refractivity contribution in [3.05, 3.63) is 92.5 Å². The van der Waals surface area contributed by atoms with Crippen LogP contribution in [0.5, 0.6) is 11.5 Å². The first-order chi connectivity index (χ1) is 15.3. The lowest BCUT2D eigenvalue weighted by Crippen LogP contribution is -2.16. The number of aryl methyl sites for hydroxylation is 2. The molecule has 32 heavy (non-hydrogen) atoms. The molecule has 0 aromatic heterocycles. The number of nitrogens with zero attached hydrogens (tertiary/aromatic N) is 1. The molecule has 3 rings (SSSR count). The van der Waals surface area contributed by atoms with Crippen molar-refractivity contribution in [1.29, 1.82) is 0 Å². The Labute approximate surface area is 196 Å². The summed E-state index contributed by atoms with van der Waals surface area (Å²) >= 11 is 12.2. The third kappa shape index (κ3) is 5.72. The monoisotopic (exact) mass is 472 g/mol. The molecule has 0 aliphatic carbocycles. The van der Waals surface area contributed by atoms with Crippen LogP contribution in [0.2, 0.25) is 10.0 Å². The Bertz CT molecular complexity index is 1140. The van der Waals surface area contributed by atoms with E-state index in [1.807, 2.05) is 26.0 Å². The van der Waals surface area contributed by atoms with E-state index in [1.54, 1.807) is 42.5 Å². The average molecular weight is 473 g/mol. The van der Waals surface area contributed by atoms with Crippen molar-refractivity contribution in [1.82, 2.24) is 0 Å². The third-order valence-electron chi connectivity index (χ3n) is 4.67. The molecule has 0 saturated carbocycles. The Morgan fingerprint density at radius 1 is 1.00 bits per heavy atom. The summed E-state index contributed by atoms with van der Waals surface area (Å²) in [6, 6.07) is 15.5. The quantitative estimate of drug-likeness (QED) is 0.207. The first-order valence-electron chi connectivity index (χ1n) is 9.65. The van der Waals surface area contributed by atoms with Crippen molar-refractivity contribution in [2.75, 3.05) is 7.11 Å². The first-order valence-corrected chi connectivity index (χ1v) is 10.4. The van der Waals surface area contributed by atoms with E-state index >= 15 is 0 Å². The summed E-state index contributed by atoms with van der Waals surface area (Å²) in [7, 11) is 1.49. The largest absolute Gasteiger partial charge is 0.496 e. The van der Waals surface area contributed by atoms with Gasteiger partial charge in [0.15, 0.2) is 5.84 Å². The number of hydrogen-bond acceptors (Lipinski definition) is 5. The van der Waals surface area contributed by atoms with Crippen LogP contribution < -0.4 is 15.2 Å². The van der Waals surface area contributed by atoms with Crippen LogP contribution in [0, 0.1) is 13.8 Å². The van der Waals surface area contributed by atoms with E-state index in [1.165, 1.54) is 7.11 Å². The Kier molecular flexibility index (Phi) is 7.62. The van der Waals surface area contributed by atoms with E-state index in [0.29, 0.717) is 28.5 Å². The Morgan fingerprint density at radius 2 is 1.66 bits per heavy atom. The van der Waals surface area contributed by atoms with Gasteiger partial charge in [0.1, 0.15) is 18.1 Å². The topological polar surface area (TPSA) is 83.1 Å². The van der Waals surface area contributed by atoms with Crippen LogP contribution in [0.3, 0.4) is 0 Å². The van der Waals surface area contributed by atoms with Crippen LogP contribution in [0.1, 0.15) is 32.6 Å². The van der Waals surface area contributed by atoms with Crippen LogP contribution in [0.25, 0.3) is 0 Å². The number of rotatable bonds is 7. The molecule has 0 aliphatic rings. The van der Waals surface area contributed by atoms with Gasteiger partial charge in [-0.3, -0.25) is 0 Å². The minimum atomic E-state index is -0.648. The van der Waals surface area contributed by atoms with Gasteiger partial charge in [0.25, 0.3) is 0 Å². The molecule has 166 valence electrons. The van der Waals surface area contributed by atoms with E-state index in [0.717, 1.165) is 27.5 Å². The summed E-state index contributed by atoms with van der Waals surface area (Å²) in [5, 5.41) is 4.90. The number of ether oxygens (including phenoxy) is 2. The van der Waals surface area contributed by atoms with Crippen LogP contribution in [0.15, 0.2) is 59.8 Å². The molecule has 3 aromatic carbocycles. The van der Waals surface area contributed by atoms with Crippen LogP contribution in [-0.4, -0.2) is 18.9 Å². The van der Waals surface area contributed by atoms with Gasteiger partial charge in [-0.25, -0.2) is 4.79 Å². The maximum Gasteiger partial charge on any atom is 0.365 e. The van der Waals surface area contributed by atoms with Crippen molar-refractivity contribution >= 4 is 35.0 Å². The second-order valence-electron chi connectivity index (χ2n) is 7.06. The number of carbonyl (C=O) groups excluding carboxylic acids is 1. The van der Waals surface area contributed by atoms with Crippen molar-refractivity contribution < 1.29 is 19.1 Å². The van der Waals surface area contributed by atoms with Crippen molar-refractivity contribution in [3.63, 3.8) is 0 Å². The first kappa shape index (κ1) is 23.4. The summed E-state index contributed by atoms with van der Waals surface area (Å²) < 4.78 is 11.1. The summed E-state index contributed by atoms with van der Waals surface area (Å²) in [6.45, 7) is 4.20. The molecule has 0 fully saturated rings. The highest BCUT2D eigenvalue weighted by Gasteiger charge is 2.12. The second kappa shape index (κ2) is 10.4. The minimum absolute atomic E-state index is 0.0312. The molecule has 0 amide bonds. The molecule has 0 heterocycles. The zero-order valence-electron chi connectivity index (χ0n) is 17.8. The predicted octanol–water partition coefficient (Wildman–Crippen LogP) is 5.68. The molecule has 0 spiro atoms. The SMILES string of the molecule is COc1ccc(Cl)cc1/C(N)=N/OC(=O)c1ccc(COc2cc(C)c(Cl)c(C)c2)cc1.